The molecule has 1 saturated heterocycles. The molecule has 3 heterocycles. The smallest absolute Gasteiger partial charge is 0.303 e. The molecular weight excluding hydrogens is 573 g/mol. The van der Waals surface area contributed by atoms with Crippen LogP contribution in [0.2, 0.25) is 5.02 Å². The van der Waals surface area contributed by atoms with Crippen LogP contribution in [-0.2, 0) is 33.3 Å². The highest BCUT2D eigenvalue weighted by molar-refractivity contribution is 14.1. The lowest BCUT2D eigenvalue weighted by Gasteiger charge is -2.44. The quantitative estimate of drug-likeness (QED) is 0.268. The maximum atomic E-state index is 12.0. The van der Waals surface area contributed by atoms with Crippen molar-refractivity contribution in [1.29, 1.82) is 0 Å². The van der Waals surface area contributed by atoms with Crippen molar-refractivity contribution in [2.75, 3.05) is 6.61 Å². The molecule has 2 aromatic rings. The molecule has 0 radical (unpaired) electrons. The van der Waals surface area contributed by atoms with Gasteiger partial charge in [0.15, 0.2) is 12.2 Å². The molecule has 0 bridgehead atoms. The molecule has 178 valence electrons. The van der Waals surface area contributed by atoms with E-state index in [2.05, 4.69) is 32.7 Å². The summed E-state index contributed by atoms with van der Waals surface area (Å²) in [6, 6.07) is 0.640. The molecule has 0 spiro atoms. The lowest BCUT2D eigenvalue weighted by Crippen LogP contribution is -2.60. The monoisotopic (exact) mass is 593 g/mol. The van der Waals surface area contributed by atoms with E-state index >= 15 is 0 Å². The standard InChI is InChI=1S/C20H21ClIN3O8/c1-10(26)29-9-16-18(30-11(2)27)17(25-8-14(22)6-24-25)19(31-12(3)28)20(33-16)32-15-4-13(21)5-23-7-15/h4-8,16-20H,9H2,1-3H3/t16-,17+,18+,19-,20+/m1/s1. The van der Waals surface area contributed by atoms with E-state index in [4.69, 9.17) is 35.3 Å². The molecule has 1 fully saturated rings. The molecular formula is C20H21ClIN3O8. The Kier molecular flexibility index (Phi) is 8.48. The SMILES string of the molecule is CC(=O)OC[C@H]1O[C@H](Oc2cncc(Cl)c2)[C@H](OC(C)=O)[C@@H](n2cc(I)cn2)[C@H]1OC(C)=O. The van der Waals surface area contributed by atoms with Crippen molar-refractivity contribution in [2.24, 2.45) is 0 Å². The Morgan fingerprint density at radius 2 is 1.79 bits per heavy atom. The number of pyridine rings is 1. The highest BCUT2D eigenvalue weighted by atomic mass is 127. The first-order chi connectivity index (χ1) is 15.6. The molecule has 3 rings (SSSR count). The summed E-state index contributed by atoms with van der Waals surface area (Å²) in [5.74, 6) is -1.53. The number of carbonyl (C=O) groups is 3. The predicted octanol–water partition coefficient (Wildman–Crippen LogP) is 2.31. The number of halogens is 2. The van der Waals surface area contributed by atoms with E-state index < -0.39 is 48.6 Å². The minimum atomic E-state index is -1.20. The number of hydrogen-bond acceptors (Lipinski definition) is 10. The van der Waals surface area contributed by atoms with Gasteiger partial charge in [0.2, 0.25) is 6.29 Å². The molecule has 5 atom stereocenters. The topological polar surface area (TPSA) is 128 Å². The van der Waals surface area contributed by atoms with Gasteiger partial charge in [0, 0.05) is 39.2 Å². The summed E-state index contributed by atoms with van der Waals surface area (Å²) < 4.78 is 30.5. The molecule has 2 aromatic heterocycles. The highest BCUT2D eigenvalue weighted by Crippen LogP contribution is 2.36. The molecule has 0 aromatic carbocycles. The molecule has 13 heteroatoms. The van der Waals surface area contributed by atoms with Crippen molar-refractivity contribution in [3.63, 3.8) is 0 Å². The van der Waals surface area contributed by atoms with E-state index in [-0.39, 0.29) is 12.4 Å². The number of esters is 3. The fourth-order valence-electron chi connectivity index (χ4n) is 3.35. The van der Waals surface area contributed by atoms with E-state index in [1.54, 1.807) is 12.4 Å². The van der Waals surface area contributed by atoms with Crippen LogP contribution in [0.1, 0.15) is 26.8 Å². The second-order valence-electron chi connectivity index (χ2n) is 7.08. The van der Waals surface area contributed by atoms with Crippen LogP contribution in [0.5, 0.6) is 5.75 Å². The number of aromatic nitrogens is 3. The van der Waals surface area contributed by atoms with Gasteiger partial charge in [-0.1, -0.05) is 11.6 Å². The normalized spacial score (nSPS) is 24.6. The van der Waals surface area contributed by atoms with Crippen LogP contribution >= 0.6 is 34.2 Å². The van der Waals surface area contributed by atoms with Gasteiger partial charge in [0.1, 0.15) is 24.5 Å². The lowest BCUT2D eigenvalue weighted by atomic mass is 9.95. The summed E-state index contributed by atoms with van der Waals surface area (Å²) in [4.78, 5) is 39.4. The Bertz CT molecular complexity index is 1020. The highest BCUT2D eigenvalue weighted by Gasteiger charge is 2.52. The van der Waals surface area contributed by atoms with E-state index in [1.165, 1.54) is 43.9 Å². The van der Waals surface area contributed by atoms with Gasteiger partial charge in [-0.25, -0.2) is 0 Å². The zero-order valence-corrected chi connectivity index (χ0v) is 20.8. The van der Waals surface area contributed by atoms with E-state index in [9.17, 15) is 14.4 Å². The minimum absolute atomic E-state index is 0.246. The number of nitrogens with zero attached hydrogens (tertiary/aromatic N) is 3. The van der Waals surface area contributed by atoms with Gasteiger partial charge in [-0.3, -0.25) is 24.0 Å². The van der Waals surface area contributed by atoms with Crippen molar-refractivity contribution in [1.82, 2.24) is 14.8 Å². The number of hydrogen-bond donors (Lipinski definition) is 0. The molecule has 1 aliphatic rings. The van der Waals surface area contributed by atoms with Gasteiger partial charge in [-0.15, -0.1) is 0 Å². The third kappa shape index (κ3) is 6.77. The maximum Gasteiger partial charge on any atom is 0.303 e. The predicted molar refractivity (Wildman–Crippen MR) is 120 cm³/mol. The van der Waals surface area contributed by atoms with Crippen LogP contribution < -0.4 is 4.74 Å². The third-order valence-corrected chi connectivity index (χ3v) is 5.24. The molecule has 11 nitrogen and oxygen atoms in total. The van der Waals surface area contributed by atoms with Crippen LogP contribution in [0, 0.1) is 3.57 Å². The number of ether oxygens (including phenoxy) is 5. The summed E-state index contributed by atoms with van der Waals surface area (Å²) in [6.45, 7) is 3.45. The van der Waals surface area contributed by atoms with Crippen LogP contribution in [0.25, 0.3) is 0 Å². The summed E-state index contributed by atoms with van der Waals surface area (Å²) in [5, 5.41) is 4.63. The Morgan fingerprint density at radius 1 is 1.09 bits per heavy atom. The van der Waals surface area contributed by atoms with E-state index in [0.29, 0.717) is 5.02 Å². The van der Waals surface area contributed by atoms with Gasteiger partial charge in [0.25, 0.3) is 0 Å². The molecule has 0 N–H and O–H groups in total. The zero-order valence-electron chi connectivity index (χ0n) is 17.8. The van der Waals surface area contributed by atoms with Gasteiger partial charge >= 0.3 is 17.9 Å². The number of carbonyl (C=O) groups excluding carboxylic acids is 3. The first kappa shape index (κ1) is 25.2. The van der Waals surface area contributed by atoms with Gasteiger partial charge in [-0.2, -0.15) is 5.10 Å². The second-order valence-corrected chi connectivity index (χ2v) is 8.76. The Hall–Kier alpha value is -2.45. The third-order valence-electron chi connectivity index (χ3n) is 4.48. The summed E-state index contributed by atoms with van der Waals surface area (Å²) in [6.07, 6.45) is 1.81. The summed E-state index contributed by atoms with van der Waals surface area (Å²) in [7, 11) is 0. The lowest BCUT2D eigenvalue weighted by molar-refractivity contribution is -0.270. The number of rotatable bonds is 7. The summed E-state index contributed by atoms with van der Waals surface area (Å²) in [5.41, 5.74) is 0. The average Bonchev–Trinajstić information content (AvgIpc) is 3.14. The van der Waals surface area contributed by atoms with Gasteiger partial charge < -0.3 is 23.7 Å². The maximum absolute atomic E-state index is 12.0. The summed E-state index contributed by atoms with van der Waals surface area (Å²) >= 11 is 8.07. The largest absolute Gasteiger partial charge is 0.463 e. The van der Waals surface area contributed by atoms with Crippen LogP contribution in [0.15, 0.2) is 30.9 Å². The van der Waals surface area contributed by atoms with Crippen molar-refractivity contribution in [3.8, 4) is 5.75 Å². The van der Waals surface area contributed by atoms with Crippen LogP contribution in [-0.4, -0.2) is 63.9 Å². The van der Waals surface area contributed by atoms with Crippen molar-refractivity contribution in [2.45, 2.75) is 51.4 Å². The first-order valence-corrected chi connectivity index (χ1v) is 11.2. The Morgan fingerprint density at radius 3 is 2.36 bits per heavy atom. The van der Waals surface area contributed by atoms with Crippen molar-refractivity contribution < 1.29 is 38.1 Å². The Labute approximate surface area is 207 Å². The average molecular weight is 594 g/mol. The zero-order chi connectivity index (χ0) is 24.1. The fourth-order valence-corrected chi connectivity index (χ4v) is 3.92. The van der Waals surface area contributed by atoms with Gasteiger partial charge in [-0.05, 0) is 22.6 Å². The van der Waals surface area contributed by atoms with E-state index in [1.807, 2.05) is 0 Å². The van der Waals surface area contributed by atoms with Crippen molar-refractivity contribution >= 4 is 52.1 Å². The van der Waals surface area contributed by atoms with E-state index in [0.717, 1.165) is 3.57 Å². The molecule has 0 amide bonds. The van der Waals surface area contributed by atoms with Crippen LogP contribution in [0.4, 0.5) is 0 Å². The minimum Gasteiger partial charge on any atom is -0.463 e. The Balaban J connectivity index is 2.06. The molecule has 0 aliphatic carbocycles. The van der Waals surface area contributed by atoms with Gasteiger partial charge in [0.05, 0.1) is 21.0 Å². The molecule has 1 aliphatic heterocycles. The van der Waals surface area contributed by atoms with Crippen LogP contribution in [0.3, 0.4) is 0 Å². The second kappa shape index (κ2) is 11.1. The van der Waals surface area contributed by atoms with Crippen molar-refractivity contribution in [3.05, 3.63) is 39.4 Å². The molecule has 0 unspecified atom stereocenters. The molecule has 0 saturated carbocycles. The molecule has 33 heavy (non-hydrogen) atoms. The fraction of sp³-hybridized carbons (Fsp3) is 0.450. The first-order valence-electron chi connectivity index (χ1n) is 9.74.